The van der Waals surface area contributed by atoms with Gasteiger partial charge >= 0.3 is 23.5 Å². The molecule has 0 fully saturated rings. The normalized spacial score (nSPS) is 12.4. The van der Waals surface area contributed by atoms with Crippen molar-refractivity contribution in [2.24, 2.45) is 5.92 Å². The van der Waals surface area contributed by atoms with Gasteiger partial charge in [-0.1, -0.05) is 36.7 Å². The smallest absolute Gasteiger partial charge is 0.416 e. The van der Waals surface area contributed by atoms with Gasteiger partial charge < -0.3 is 10.4 Å². The highest BCUT2D eigenvalue weighted by molar-refractivity contribution is 6.30. The van der Waals surface area contributed by atoms with Crippen molar-refractivity contribution in [2.45, 2.75) is 33.1 Å². The molecule has 0 radical (unpaired) electrons. The van der Waals surface area contributed by atoms with Crippen molar-refractivity contribution in [3.05, 3.63) is 85.1 Å². The number of aliphatic carboxylic acids is 1. The van der Waals surface area contributed by atoms with Crippen molar-refractivity contribution >= 4 is 29.2 Å². The van der Waals surface area contributed by atoms with E-state index in [9.17, 15) is 27.6 Å². The minimum Gasteiger partial charge on any atom is -0.481 e. The molecule has 12 heteroatoms. The Balaban J connectivity index is 2.12. The zero-order valence-electron chi connectivity index (χ0n) is 18.1. The van der Waals surface area contributed by atoms with Crippen molar-refractivity contribution < 1.29 is 23.1 Å². The van der Waals surface area contributed by atoms with Crippen LogP contribution in [0.3, 0.4) is 0 Å². The molecule has 0 aliphatic carbocycles. The molecule has 2 N–H and O–H groups in total. The van der Waals surface area contributed by atoms with E-state index in [1.165, 1.54) is 26.0 Å². The number of carbonyl (C=O) groups is 1. The van der Waals surface area contributed by atoms with Crippen LogP contribution in [0.2, 0.25) is 5.02 Å². The van der Waals surface area contributed by atoms with Crippen LogP contribution in [0.1, 0.15) is 23.6 Å². The number of carboxylic acids is 1. The van der Waals surface area contributed by atoms with Crippen LogP contribution in [0.25, 0.3) is 0 Å². The number of carboxylic acid groups (broad SMARTS) is 1. The number of nitrogens with zero attached hydrogens (tertiary/aromatic N) is 3. The Bertz CT molecular complexity index is 1330. The van der Waals surface area contributed by atoms with E-state index in [0.717, 1.165) is 10.6 Å². The number of rotatable bonds is 7. The first kappa shape index (κ1) is 25.0. The van der Waals surface area contributed by atoms with E-state index in [1.54, 1.807) is 24.3 Å². The molecule has 180 valence electrons. The number of halogens is 4. The van der Waals surface area contributed by atoms with Crippen LogP contribution < -0.4 is 16.7 Å². The second kappa shape index (κ2) is 9.72. The molecule has 1 heterocycles. The maximum Gasteiger partial charge on any atom is 0.416 e. The average Bonchev–Trinajstić information content (AvgIpc) is 2.75. The Morgan fingerprint density at radius 1 is 1.15 bits per heavy atom. The predicted molar refractivity (Wildman–Crippen MR) is 120 cm³/mol. The van der Waals surface area contributed by atoms with Gasteiger partial charge in [-0.15, -0.1) is 0 Å². The summed E-state index contributed by atoms with van der Waals surface area (Å²) in [6, 6.07) is 9.89. The first-order chi connectivity index (χ1) is 15.9. The van der Waals surface area contributed by atoms with E-state index in [0.29, 0.717) is 15.2 Å². The fourth-order valence-electron chi connectivity index (χ4n) is 3.18. The van der Waals surface area contributed by atoms with Crippen LogP contribution in [-0.2, 0) is 24.1 Å². The summed E-state index contributed by atoms with van der Waals surface area (Å²) in [5.41, 5.74) is -2.22. The minimum absolute atomic E-state index is 0.00244. The van der Waals surface area contributed by atoms with E-state index in [-0.39, 0.29) is 23.7 Å². The SMILES string of the molecule is Cc1ccc(Nc2nc(=O)n(C[C@H](C)C(=O)O)c(=O)n2Cc2ccc(Cl)cc2)cc1C(F)(F)F. The number of hydrogen-bond donors (Lipinski definition) is 2. The highest BCUT2D eigenvalue weighted by Crippen LogP contribution is 2.33. The minimum atomic E-state index is -4.60. The Morgan fingerprint density at radius 2 is 1.79 bits per heavy atom. The van der Waals surface area contributed by atoms with Gasteiger partial charge in [0.15, 0.2) is 0 Å². The fourth-order valence-corrected chi connectivity index (χ4v) is 3.31. The largest absolute Gasteiger partial charge is 0.481 e. The summed E-state index contributed by atoms with van der Waals surface area (Å²) in [6.45, 7) is 2.11. The van der Waals surface area contributed by atoms with Crippen LogP contribution in [-0.4, -0.2) is 25.2 Å². The van der Waals surface area contributed by atoms with Gasteiger partial charge in [0, 0.05) is 17.3 Å². The van der Waals surface area contributed by atoms with Crippen molar-refractivity contribution in [1.29, 1.82) is 0 Å². The number of hydrogen-bond acceptors (Lipinski definition) is 5. The van der Waals surface area contributed by atoms with E-state index in [2.05, 4.69) is 10.3 Å². The molecule has 0 aliphatic heterocycles. The lowest BCUT2D eigenvalue weighted by molar-refractivity contribution is -0.141. The topological polar surface area (TPSA) is 106 Å². The lowest BCUT2D eigenvalue weighted by Gasteiger charge is -2.18. The standard InChI is InChI=1S/C22H20ClF3N4O4/c1-12-3-8-16(9-17(12)22(24,25)26)27-19-28-20(33)30(10-13(2)18(31)32)21(34)29(19)11-14-4-6-15(23)7-5-14/h3-9,13H,10-11H2,1-2H3,(H,31,32)(H,27,28,33)/t13-/m0/s1. The van der Waals surface area contributed by atoms with Gasteiger partial charge in [-0.25, -0.2) is 14.2 Å². The van der Waals surface area contributed by atoms with Crippen LogP contribution >= 0.6 is 11.6 Å². The number of alkyl halides is 3. The quantitative estimate of drug-likeness (QED) is 0.514. The molecule has 1 atom stereocenters. The summed E-state index contributed by atoms with van der Waals surface area (Å²) in [5, 5.41) is 12.2. The molecule has 0 spiro atoms. The molecule has 0 bridgehead atoms. The highest BCUT2D eigenvalue weighted by Gasteiger charge is 2.32. The summed E-state index contributed by atoms with van der Waals surface area (Å²) < 4.78 is 41.7. The summed E-state index contributed by atoms with van der Waals surface area (Å²) in [4.78, 5) is 40.8. The molecule has 1 aromatic heterocycles. The third kappa shape index (κ3) is 5.66. The monoisotopic (exact) mass is 496 g/mol. The lowest BCUT2D eigenvalue weighted by atomic mass is 10.1. The number of benzene rings is 2. The van der Waals surface area contributed by atoms with Gasteiger partial charge in [0.2, 0.25) is 5.95 Å². The van der Waals surface area contributed by atoms with Crippen molar-refractivity contribution in [2.75, 3.05) is 5.32 Å². The van der Waals surface area contributed by atoms with Crippen LogP contribution in [0.5, 0.6) is 0 Å². The molecule has 0 unspecified atom stereocenters. The number of aromatic nitrogens is 3. The number of aryl methyl sites for hydroxylation is 1. The van der Waals surface area contributed by atoms with E-state index < -0.39 is 41.6 Å². The van der Waals surface area contributed by atoms with E-state index in [1.807, 2.05) is 0 Å². The second-order valence-electron chi connectivity index (χ2n) is 7.72. The molecule has 0 saturated carbocycles. The lowest BCUT2D eigenvalue weighted by Crippen LogP contribution is -2.44. The third-order valence-electron chi connectivity index (χ3n) is 5.08. The van der Waals surface area contributed by atoms with Gasteiger partial charge in [0.05, 0.1) is 18.0 Å². The van der Waals surface area contributed by atoms with Crippen LogP contribution in [0.4, 0.5) is 24.8 Å². The molecular formula is C22H20ClF3N4O4. The zero-order valence-corrected chi connectivity index (χ0v) is 18.8. The summed E-state index contributed by atoms with van der Waals surface area (Å²) in [6.07, 6.45) is -4.60. The first-order valence-electron chi connectivity index (χ1n) is 10.0. The van der Waals surface area contributed by atoms with E-state index in [4.69, 9.17) is 16.7 Å². The molecule has 3 aromatic rings. The number of anilines is 2. The highest BCUT2D eigenvalue weighted by atomic mass is 35.5. The molecule has 0 saturated heterocycles. The Labute approximate surface area is 196 Å². The first-order valence-corrected chi connectivity index (χ1v) is 10.4. The van der Waals surface area contributed by atoms with Crippen LogP contribution in [0, 0.1) is 12.8 Å². The average molecular weight is 497 g/mol. The van der Waals surface area contributed by atoms with Gasteiger partial charge in [-0.2, -0.15) is 18.2 Å². The Kier molecular flexibility index (Phi) is 7.15. The fraction of sp³-hybridized carbons (Fsp3) is 0.273. The summed E-state index contributed by atoms with van der Waals surface area (Å²) >= 11 is 5.90. The van der Waals surface area contributed by atoms with Crippen molar-refractivity contribution in [1.82, 2.24) is 14.1 Å². The zero-order chi connectivity index (χ0) is 25.2. The molecule has 0 amide bonds. The Hall–Kier alpha value is -3.60. The van der Waals surface area contributed by atoms with Gasteiger partial charge in [0.1, 0.15) is 0 Å². The molecular weight excluding hydrogens is 477 g/mol. The maximum absolute atomic E-state index is 13.3. The van der Waals surface area contributed by atoms with Gasteiger partial charge in [-0.3, -0.25) is 9.36 Å². The molecule has 2 aromatic carbocycles. The van der Waals surface area contributed by atoms with Gasteiger partial charge in [0.25, 0.3) is 0 Å². The second-order valence-corrected chi connectivity index (χ2v) is 8.15. The molecule has 0 aliphatic rings. The maximum atomic E-state index is 13.3. The van der Waals surface area contributed by atoms with E-state index >= 15 is 0 Å². The third-order valence-corrected chi connectivity index (χ3v) is 5.33. The van der Waals surface area contributed by atoms with Crippen molar-refractivity contribution in [3.8, 4) is 0 Å². The van der Waals surface area contributed by atoms with Gasteiger partial charge in [-0.05, 0) is 42.3 Å². The van der Waals surface area contributed by atoms with Crippen molar-refractivity contribution in [3.63, 3.8) is 0 Å². The predicted octanol–water partition coefficient (Wildman–Crippen LogP) is 3.90. The Morgan fingerprint density at radius 3 is 2.38 bits per heavy atom. The molecule has 8 nitrogen and oxygen atoms in total. The summed E-state index contributed by atoms with van der Waals surface area (Å²) in [5.74, 6) is -2.56. The number of nitrogens with one attached hydrogen (secondary N) is 1. The van der Waals surface area contributed by atoms with Crippen LogP contribution in [0.15, 0.2) is 52.1 Å². The molecule has 3 rings (SSSR count). The summed E-state index contributed by atoms with van der Waals surface area (Å²) in [7, 11) is 0. The molecule has 34 heavy (non-hydrogen) atoms.